The van der Waals surface area contributed by atoms with Crippen LogP contribution in [0.25, 0.3) is 10.9 Å². The van der Waals surface area contributed by atoms with Crippen LogP contribution in [0.3, 0.4) is 0 Å². The third-order valence-electron chi connectivity index (χ3n) is 7.49. The number of aromatic amines is 1. The van der Waals surface area contributed by atoms with E-state index < -0.39 is 5.97 Å². The first-order valence-electron chi connectivity index (χ1n) is 13.6. The average Bonchev–Trinajstić information content (AvgIpc) is 3.37. The first-order chi connectivity index (χ1) is 19.0. The van der Waals surface area contributed by atoms with E-state index >= 15 is 0 Å². The van der Waals surface area contributed by atoms with Crippen LogP contribution >= 0.6 is 0 Å². The summed E-state index contributed by atoms with van der Waals surface area (Å²) < 4.78 is 5.57. The van der Waals surface area contributed by atoms with Crippen molar-refractivity contribution in [3.05, 3.63) is 95.2 Å². The second-order valence-corrected chi connectivity index (χ2v) is 10.1. The number of aromatic nitrogens is 1. The Labute approximate surface area is 228 Å². The Kier molecular flexibility index (Phi) is 8.16. The molecule has 7 nitrogen and oxygen atoms in total. The number of benzene rings is 3. The molecule has 0 bridgehead atoms. The van der Waals surface area contributed by atoms with Crippen LogP contribution in [0, 0.1) is 0 Å². The fraction of sp³-hybridized carbons (Fsp3) is 0.312. The number of carbonyl (C=O) groups is 2. The molecule has 1 saturated heterocycles. The zero-order valence-electron chi connectivity index (χ0n) is 22.3. The first kappa shape index (κ1) is 26.4. The summed E-state index contributed by atoms with van der Waals surface area (Å²) in [5.41, 5.74) is 5.93. The summed E-state index contributed by atoms with van der Waals surface area (Å²) in [7, 11) is 1.68. The monoisotopic (exact) mass is 525 g/mol. The lowest BCUT2D eigenvalue weighted by molar-refractivity contribution is -0.137. The van der Waals surface area contributed by atoms with E-state index in [0.29, 0.717) is 6.42 Å². The van der Waals surface area contributed by atoms with Crippen LogP contribution in [0.15, 0.2) is 72.9 Å². The number of nitrogens with zero attached hydrogens (tertiary/aromatic N) is 1. The summed E-state index contributed by atoms with van der Waals surface area (Å²) in [4.78, 5) is 30.2. The summed E-state index contributed by atoms with van der Waals surface area (Å²) in [6.07, 6.45) is 6.12. The molecule has 1 aromatic heterocycles. The minimum absolute atomic E-state index is 0.0671. The Morgan fingerprint density at radius 3 is 2.56 bits per heavy atom. The molecule has 7 heteroatoms. The Hall–Kier alpha value is -4.26. The lowest BCUT2D eigenvalue weighted by Crippen LogP contribution is -2.34. The van der Waals surface area contributed by atoms with Crippen molar-refractivity contribution < 1.29 is 19.4 Å². The van der Waals surface area contributed by atoms with Gasteiger partial charge in [-0.15, -0.1) is 0 Å². The molecule has 0 spiro atoms. The van der Waals surface area contributed by atoms with Crippen molar-refractivity contribution in [2.24, 2.45) is 0 Å². The topological polar surface area (TPSA) is 94.7 Å². The molecule has 0 saturated carbocycles. The Bertz CT molecular complexity index is 1440. The number of hydrogen-bond acceptors (Lipinski definition) is 4. The molecule has 4 aromatic rings. The van der Waals surface area contributed by atoms with Gasteiger partial charge in [0.25, 0.3) is 0 Å². The second-order valence-electron chi connectivity index (χ2n) is 10.1. The Morgan fingerprint density at radius 2 is 1.82 bits per heavy atom. The van der Waals surface area contributed by atoms with Crippen molar-refractivity contribution in [3.8, 4) is 5.75 Å². The summed E-state index contributed by atoms with van der Waals surface area (Å²) in [6.45, 7) is 1.97. The smallest absolute Gasteiger partial charge is 0.303 e. The summed E-state index contributed by atoms with van der Waals surface area (Å²) in [6, 6.07) is 21.8. The zero-order valence-corrected chi connectivity index (χ0v) is 22.3. The molecular weight excluding hydrogens is 490 g/mol. The average molecular weight is 526 g/mol. The fourth-order valence-electron chi connectivity index (χ4n) is 5.47. The molecule has 2 heterocycles. The molecular formula is C32H35N3O4. The first-order valence-corrected chi connectivity index (χ1v) is 13.6. The Balaban J connectivity index is 1.43. The molecule has 1 aliphatic rings. The Morgan fingerprint density at radius 1 is 1.03 bits per heavy atom. The van der Waals surface area contributed by atoms with Crippen LogP contribution in [-0.4, -0.2) is 42.2 Å². The van der Waals surface area contributed by atoms with Gasteiger partial charge >= 0.3 is 5.97 Å². The molecule has 3 aromatic carbocycles. The molecule has 1 atom stereocenters. The van der Waals surface area contributed by atoms with Gasteiger partial charge in [-0.05, 0) is 60.6 Å². The molecule has 39 heavy (non-hydrogen) atoms. The molecule has 0 radical (unpaired) electrons. The van der Waals surface area contributed by atoms with Gasteiger partial charge in [-0.2, -0.15) is 0 Å². The molecule has 202 valence electrons. The standard InChI is InChI=1S/C32H35N3O4/c1-39-25-12-13-26(29(20-25)35-16-6-3-7-17-35)32(23-8-4-2-5-9-23)34-30(36)19-22-10-14-28-27(18-22)24(21-33-28)11-15-31(37)38/h2,4-5,8-10,12-14,18,20-21,32-33H,3,6-7,11,15-17,19H2,1H3,(H,34,36)(H,37,38). The summed E-state index contributed by atoms with van der Waals surface area (Å²) in [5, 5.41) is 13.4. The number of methoxy groups -OCH3 is 1. The predicted molar refractivity (Wildman–Crippen MR) is 153 cm³/mol. The van der Waals surface area contributed by atoms with E-state index in [2.05, 4.69) is 39.5 Å². The number of rotatable bonds is 10. The van der Waals surface area contributed by atoms with Crippen LogP contribution in [0.1, 0.15) is 54.0 Å². The lowest BCUT2D eigenvalue weighted by atomic mass is 9.95. The number of piperidine rings is 1. The number of H-pyrrole nitrogens is 1. The number of aryl methyl sites for hydroxylation is 1. The molecule has 1 aliphatic heterocycles. The molecule has 1 amide bonds. The van der Waals surface area contributed by atoms with Gasteiger partial charge in [0.1, 0.15) is 5.75 Å². The van der Waals surface area contributed by atoms with Crippen LogP contribution in [0.5, 0.6) is 5.75 Å². The van der Waals surface area contributed by atoms with Gasteiger partial charge in [-0.1, -0.05) is 42.5 Å². The van der Waals surface area contributed by atoms with Crippen molar-refractivity contribution in [3.63, 3.8) is 0 Å². The van der Waals surface area contributed by atoms with Gasteiger partial charge < -0.3 is 25.0 Å². The highest BCUT2D eigenvalue weighted by molar-refractivity contribution is 5.87. The highest BCUT2D eigenvalue weighted by atomic mass is 16.5. The van der Waals surface area contributed by atoms with Gasteiger partial charge in [-0.25, -0.2) is 0 Å². The van der Waals surface area contributed by atoms with E-state index in [1.54, 1.807) is 7.11 Å². The van der Waals surface area contributed by atoms with Gasteiger partial charge in [-0.3, -0.25) is 9.59 Å². The maximum Gasteiger partial charge on any atom is 0.303 e. The van der Waals surface area contributed by atoms with Crippen molar-refractivity contribution >= 4 is 28.5 Å². The number of carboxylic acids is 1. The number of nitrogens with one attached hydrogen (secondary N) is 2. The maximum absolute atomic E-state index is 13.5. The SMILES string of the molecule is COc1ccc(C(NC(=O)Cc2ccc3[nH]cc(CCC(=O)O)c3c2)c2ccccc2)c(N2CCCCC2)c1. The van der Waals surface area contributed by atoms with Gasteiger partial charge in [0, 0.05) is 53.9 Å². The molecule has 1 unspecified atom stereocenters. The number of amides is 1. The van der Waals surface area contributed by atoms with Gasteiger partial charge in [0.15, 0.2) is 0 Å². The zero-order chi connectivity index (χ0) is 27.2. The third kappa shape index (κ3) is 6.25. The van der Waals surface area contributed by atoms with Crippen LogP contribution < -0.4 is 15.0 Å². The van der Waals surface area contributed by atoms with Gasteiger partial charge in [0.2, 0.25) is 5.91 Å². The molecule has 1 fully saturated rings. The number of anilines is 1. The van der Waals surface area contributed by atoms with Crippen molar-refractivity contribution in [2.75, 3.05) is 25.1 Å². The van der Waals surface area contributed by atoms with Gasteiger partial charge in [0.05, 0.1) is 19.6 Å². The lowest BCUT2D eigenvalue weighted by Gasteiger charge is -2.33. The summed E-state index contributed by atoms with van der Waals surface area (Å²) in [5.74, 6) is -0.100. The van der Waals surface area contributed by atoms with Crippen molar-refractivity contribution in [1.29, 1.82) is 0 Å². The highest BCUT2D eigenvalue weighted by Crippen LogP contribution is 2.35. The minimum atomic E-state index is -0.825. The van der Waals surface area contributed by atoms with E-state index in [0.717, 1.165) is 70.5 Å². The largest absolute Gasteiger partial charge is 0.497 e. The number of ether oxygens (including phenoxy) is 1. The normalized spacial score (nSPS) is 14.2. The molecule has 3 N–H and O–H groups in total. The number of aliphatic carboxylic acids is 1. The van der Waals surface area contributed by atoms with Crippen LogP contribution in [0.2, 0.25) is 0 Å². The van der Waals surface area contributed by atoms with Crippen LogP contribution in [-0.2, 0) is 22.4 Å². The predicted octanol–water partition coefficient (Wildman–Crippen LogP) is 5.63. The van der Waals surface area contributed by atoms with E-state index in [1.165, 1.54) is 6.42 Å². The highest BCUT2D eigenvalue weighted by Gasteiger charge is 2.24. The molecule has 0 aliphatic carbocycles. The van der Waals surface area contributed by atoms with E-state index in [1.807, 2.05) is 48.7 Å². The van der Waals surface area contributed by atoms with Crippen molar-refractivity contribution in [1.82, 2.24) is 10.3 Å². The third-order valence-corrected chi connectivity index (χ3v) is 7.49. The number of carboxylic acid groups (broad SMARTS) is 1. The van der Waals surface area contributed by atoms with Crippen LogP contribution in [0.4, 0.5) is 5.69 Å². The number of fused-ring (bicyclic) bond motifs is 1. The van der Waals surface area contributed by atoms with Crippen molar-refractivity contribution in [2.45, 2.75) is 44.6 Å². The molecule has 5 rings (SSSR count). The van der Waals surface area contributed by atoms with E-state index in [4.69, 9.17) is 9.84 Å². The summed E-state index contributed by atoms with van der Waals surface area (Å²) >= 11 is 0. The number of carbonyl (C=O) groups excluding carboxylic acids is 1. The van der Waals surface area contributed by atoms with E-state index in [9.17, 15) is 9.59 Å². The number of hydrogen-bond donors (Lipinski definition) is 3. The van der Waals surface area contributed by atoms with E-state index in [-0.39, 0.29) is 24.8 Å². The quantitative estimate of drug-likeness (QED) is 0.249. The fourth-order valence-corrected chi connectivity index (χ4v) is 5.47. The second kappa shape index (κ2) is 12.1. The maximum atomic E-state index is 13.5. The minimum Gasteiger partial charge on any atom is -0.497 e.